The molecule has 3 N–H and O–H groups in total. The summed E-state index contributed by atoms with van der Waals surface area (Å²) in [4.78, 5) is 0. The average Bonchev–Trinajstić information content (AvgIpc) is 2.43. The van der Waals surface area contributed by atoms with E-state index in [4.69, 9.17) is 10.5 Å². The van der Waals surface area contributed by atoms with Crippen LogP contribution in [0.5, 0.6) is 5.75 Å². The van der Waals surface area contributed by atoms with Crippen LogP contribution in [-0.4, -0.2) is 25.2 Å². The van der Waals surface area contributed by atoms with E-state index in [0.717, 1.165) is 30.1 Å². The summed E-state index contributed by atoms with van der Waals surface area (Å²) in [6, 6.07) is 5.92. The minimum Gasteiger partial charge on any atom is -0.491 e. The molecule has 19 heavy (non-hydrogen) atoms. The Hall–Kier alpha value is -1.03. The van der Waals surface area contributed by atoms with Crippen LogP contribution < -0.4 is 15.8 Å². The number of thioether (sulfide) groups is 1. The fourth-order valence-corrected chi connectivity index (χ4v) is 2.30. The van der Waals surface area contributed by atoms with E-state index in [9.17, 15) is 0 Å². The van der Waals surface area contributed by atoms with E-state index in [1.165, 1.54) is 25.0 Å². The summed E-state index contributed by atoms with van der Waals surface area (Å²) in [5.41, 5.74) is 7.80. The topological polar surface area (TPSA) is 47.3 Å². The number of para-hydroxylation sites is 1. The third-order valence-corrected chi connectivity index (χ3v) is 3.57. The van der Waals surface area contributed by atoms with Gasteiger partial charge in [-0.1, -0.05) is 19.4 Å². The number of ether oxygens (including phenoxy) is 1. The molecule has 1 rings (SSSR count). The molecule has 3 nitrogen and oxygen atoms in total. The number of nitrogens with two attached hydrogens (primary N) is 1. The zero-order chi connectivity index (χ0) is 13.9. The van der Waals surface area contributed by atoms with Gasteiger partial charge in [0.05, 0.1) is 18.0 Å². The zero-order valence-corrected chi connectivity index (χ0v) is 12.9. The second kappa shape index (κ2) is 9.84. The van der Waals surface area contributed by atoms with Crippen molar-refractivity contribution in [3.63, 3.8) is 0 Å². The zero-order valence-electron chi connectivity index (χ0n) is 12.1. The van der Waals surface area contributed by atoms with E-state index in [1.54, 1.807) is 0 Å². The lowest BCUT2D eigenvalue weighted by atomic mass is 10.2. The summed E-state index contributed by atoms with van der Waals surface area (Å²) in [5, 5.41) is 3.39. The Labute approximate surface area is 121 Å². The van der Waals surface area contributed by atoms with E-state index in [2.05, 4.69) is 18.5 Å². The minimum atomic E-state index is 0.711. The second-order valence-electron chi connectivity index (χ2n) is 4.55. The van der Waals surface area contributed by atoms with Gasteiger partial charge in [0.2, 0.25) is 0 Å². The lowest BCUT2D eigenvalue weighted by molar-refractivity contribution is 0.319. The smallest absolute Gasteiger partial charge is 0.144 e. The van der Waals surface area contributed by atoms with Gasteiger partial charge in [-0.3, -0.25) is 0 Å². The number of nitrogens with one attached hydrogen (secondary N) is 1. The summed E-state index contributed by atoms with van der Waals surface area (Å²) in [5.74, 6) is 2.04. The molecule has 0 unspecified atom stereocenters. The quantitative estimate of drug-likeness (QED) is 0.503. The van der Waals surface area contributed by atoms with Crippen molar-refractivity contribution in [3.8, 4) is 5.75 Å². The molecule has 0 aromatic heterocycles. The maximum atomic E-state index is 6.10. The highest BCUT2D eigenvalue weighted by Crippen LogP contribution is 2.29. The number of unbranched alkanes of at least 4 members (excludes halogenated alkanes) is 2. The van der Waals surface area contributed by atoms with Gasteiger partial charge in [-0.25, -0.2) is 0 Å². The summed E-state index contributed by atoms with van der Waals surface area (Å²) in [6.45, 7) is 3.77. The van der Waals surface area contributed by atoms with Crippen LogP contribution in [0.25, 0.3) is 0 Å². The third-order valence-electron chi connectivity index (χ3n) is 2.87. The Morgan fingerprint density at radius 2 is 2.11 bits per heavy atom. The van der Waals surface area contributed by atoms with Gasteiger partial charge in [0, 0.05) is 6.54 Å². The standard InChI is InChI=1S/C15H26N2OS/c1-3-11-18-14-9-7-8-13(15(14)16)17-10-5-4-6-12-19-2/h7-9,17H,3-6,10-12,16H2,1-2H3. The second-order valence-corrected chi connectivity index (χ2v) is 5.53. The van der Waals surface area contributed by atoms with Crippen molar-refractivity contribution in [1.29, 1.82) is 0 Å². The Morgan fingerprint density at radius 1 is 1.26 bits per heavy atom. The summed E-state index contributed by atoms with van der Waals surface area (Å²) >= 11 is 1.91. The molecule has 0 bridgehead atoms. The molecule has 0 saturated heterocycles. The van der Waals surface area contributed by atoms with Gasteiger partial charge in [0.25, 0.3) is 0 Å². The molecule has 1 aromatic rings. The van der Waals surface area contributed by atoms with Crippen molar-refractivity contribution < 1.29 is 4.74 Å². The van der Waals surface area contributed by atoms with Gasteiger partial charge < -0.3 is 15.8 Å². The number of rotatable bonds is 10. The van der Waals surface area contributed by atoms with Crippen molar-refractivity contribution >= 4 is 23.1 Å². The fraction of sp³-hybridized carbons (Fsp3) is 0.600. The van der Waals surface area contributed by atoms with E-state index >= 15 is 0 Å². The van der Waals surface area contributed by atoms with E-state index in [-0.39, 0.29) is 0 Å². The first-order valence-electron chi connectivity index (χ1n) is 7.03. The first-order chi connectivity index (χ1) is 9.29. The lowest BCUT2D eigenvalue weighted by Gasteiger charge is -2.13. The first-order valence-corrected chi connectivity index (χ1v) is 8.43. The third kappa shape index (κ3) is 6.10. The van der Waals surface area contributed by atoms with Crippen LogP contribution in [0.3, 0.4) is 0 Å². The van der Waals surface area contributed by atoms with Crippen molar-refractivity contribution in [2.45, 2.75) is 32.6 Å². The SMILES string of the molecule is CCCOc1cccc(NCCCCCSC)c1N. The summed E-state index contributed by atoms with van der Waals surface area (Å²) in [6.07, 6.45) is 6.88. The Bertz CT molecular complexity index is 358. The molecule has 0 aliphatic heterocycles. The number of hydrogen-bond donors (Lipinski definition) is 2. The number of hydrogen-bond acceptors (Lipinski definition) is 4. The molecule has 0 aliphatic rings. The highest BCUT2D eigenvalue weighted by molar-refractivity contribution is 7.98. The maximum absolute atomic E-state index is 6.10. The molecular formula is C15H26N2OS. The van der Waals surface area contributed by atoms with E-state index in [1.807, 2.05) is 30.0 Å². The lowest BCUT2D eigenvalue weighted by Crippen LogP contribution is -2.06. The van der Waals surface area contributed by atoms with Crippen LogP contribution in [0.15, 0.2) is 18.2 Å². The van der Waals surface area contributed by atoms with Gasteiger partial charge in [0.1, 0.15) is 5.75 Å². The molecule has 4 heteroatoms. The van der Waals surface area contributed by atoms with Crippen molar-refractivity contribution in [2.75, 3.05) is 36.2 Å². The van der Waals surface area contributed by atoms with Crippen LogP contribution in [-0.2, 0) is 0 Å². The van der Waals surface area contributed by atoms with Crippen LogP contribution in [0.2, 0.25) is 0 Å². The monoisotopic (exact) mass is 282 g/mol. The number of nitrogen functional groups attached to an aromatic ring is 1. The largest absolute Gasteiger partial charge is 0.491 e. The predicted molar refractivity (Wildman–Crippen MR) is 87.4 cm³/mol. The molecular weight excluding hydrogens is 256 g/mol. The normalized spacial score (nSPS) is 10.4. The van der Waals surface area contributed by atoms with Crippen LogP contribution in [0.1, 0.15) is 32.6 Å². The van der Waals surface area contributed by atoms with Gasteiger partial charge in [-0.2, -0.15) is 11.8 Å². The predicted octanol–water partition coefficient (Wildman–Crippen LogP) is 4.00. The van der Waals surface area contributed by atoms with Gasteiger partial charge in [-0.05, 0) is 43.4 Å². The van der Waals surface area contributed by atoms with Gasteiger partial charge in [-0.15, -0.1) is 0 Å². The maximum Gasteiger partial charge on any atom is 0.144 e. The highest BCUT2D eigenvalue weighted by Gasteiger charge is 2.04. The fourth-order valence-electron chi connectivity index (χ4n) is 1.81. The number of benzene rings is 1. The van der Waals surface area contributed by atoms with Gasteiger partial charge >= 0.3 is 0 Å². The molecule has 0 aliphatic carbocycles. The Kier molecular flexibility index (Phi) is 8.30. The van der Waals surface area contributed by atoms with E-state index < -0.39 is 0 Å². The average molecular weight is 282 g/mol. The first kappa shape index (κ1) is 16.0. The number of anilines is 2. The van der Waals surface area contributed by atoms with E-state index in [0.29, 0.717) is 6.61 Å². The van der Waals surface area contributed by atoms with Crippen molar-refractivity contribution in [1.82, 2.24) is 0 Å². The molecule has 108 valence electrons. The van der Waals surface area contributed by atoms with Crippen LogP contribution in [0.4, 0.5) is 11.4 Å². The molecule has 0 spiro atoms. The van der Waals surface area contributed by atoms with Gasteiger partial charge in [0.15, 0.2) is 0 Å². The molecule has 0 heterocycles. The van der Waals surface area contributed by atoms with Crippen molar-refractivity contribution in [2.24, 2.45) is 0 Å². The van der Waals surface area contributed by atoms with Crippen LogP contribution in [0, 0.1) is 0 Å². The van der Waals surface area contributed by atoms with Crippen molar-refractivity contribution in [3.05, 3.63) is 18.2 Å². The minimum absolute atomic E-state index is 0.711. The van der Waals surface area contributed by atoms with Crippen LogP contribution >= 0.6 is 11.8 Å². The molecule has 0 atom stereocenters. The molecule has 0 radical (unpaired) electrons. The molecule has 0 fully saturated rings. The Morgan fingerprint density at radius 3 is 2.84 bits per heavy atom. The Balaban J connectivity index is 2.36. The molecule has 0 saturated carbocycles. The summed E-state index contributed by atoms with van der Waals surface area (Å²) < 4.78 is 5.62. The molecule has 0 amide bonds. The highest BCUT2D eigenvalue weighted by atomic mass is 32.2. The summed E-state index contributed by atoms with van der Waals surface area (Å²) in [7, 11) is 0. The molecule has 1 aromatic carbocycles.